The highest BCUT2D eigenvalue weighted by Gasteiger charge is 2.62. The maximum atomic E-state index is 14.7. The number of hydrogen-bond acceptors (Lipinski definition) is 13. The zero-order chi connectivity index (χ0) is 30.1. The van der Waals surface area contributed by atoms with Crippen molar-refractivity contribution in [2.24, 2.45) is 0 Å². The number of fused-ring (bicyclic) bond motifs is 1. The Morgan fingerprint density at radius 1 is 0.976 bits per heavy atom. The average Bonchev–Trinajstić information content (AvgIpc) is 3.53. The van der Waals surface area contributed by atoms with Crippen LogP contribution in [0.3, 0.4) is 0 Å². The predicted octanol–water partition coefficient (Wildman–Crippen LogP) is 2.96. The quantitative estimate of drug-likeness (QED) is 0.211. The van der Waals surface area contributed by atoms with E-state index in [-0.39, 0.29) is 28.5 Å². The third-order valence-electron chi connectivity index (χ3n) is 6.49. The summed E-state index contributed by atoms with van der Waals surface area (Å²) in [5.74, 6) is 0.917. The molecule has 5 rings (SSSR count). The molecule has 42 heavy (non-hydrogen) atoms. The summed E-state index contributed by atoms with van der Waals surface area (Å²) in [5.41, 5.74) is 3.09. The first-order chi connectivity index (χ1) is 20.1. The molecule has 14 nitrogen and oxygen atoms in total. The zero-order valence-electron chi connectivity index (χ0n) is 22.1. The van der Waals surface area contributed by atoms with Crippen LogP contribution >= 0.6 is 7.82 Å². The van der Waals surface area contributed by atoms with Gasteiger partial charge in [0.2, 0.25) is 0 Å². The first-order valence-electron chi connectivity index (χ1n) is 12.3. The Morgan fingerprint density at radius 2 is 1.52 bits per heavy atom. The van der Waals surface area contributed by atoms with E-state index in [0.717, 1.165) is 17.2 Å². The molecule has 0 bridgehead atoms. The molecule has 0 unspecified atom stereocenters. The van der Waals surface area contributed by atoms with Crippen LogP contribution in [-0.4, -0.2) is 74.8 Å². The SMILES string of the molecule is COc1ccc(OP(=O)(OC[C@@]2(C(F)F)O[C@@H](n3cnc4c(N)ncnc43)[C@H](O)[C@@H]2O)Oc2ccc(OC)cc2)cc1. The van der Waals surface area contributed by atoms with Gasteiger partial charge in [0.15, 0.2) is 23.3 Å². The number of halogens is 2. The highest BCUT2D eigenvalue weighted by molar-refractivity contribution is 7.49. The van der Waals surface area contributed by atoms with E-state index in [4.69, 9.17) is 33.5 Å². The van der Waals surface area contributed by atoms with Crippen molar-refractivity contribution in [2.75, 3.05) is 26.6 Å². The topological polar surface area (TPSA) is 183 Å². The average molecular weight is 609 g/mol. The molecule has 0 aliphatic carbocycles. The summed E-state index contributed by atoms with van der Waals surface area (Å²) < 4.78 is 76.5. The normalized spacial score (nSPS) is 22.4. The highest BCUT2D eigenvalue weighted by Crippen LogP contribution is 2.52. The van der Waals surface area contributed by atoms with E-state index in [2.05, 4.69) is 15.0 Å². The number of nitrogens with zero attached hydrogens (tertiary/aromatic N) is 4. The molecule has 224 valence electrons. The molecule has 17 heteroatoms. The smallest absolute Gasteiger partial charge is 0.497 e. The monoisotopic (exact) mass is 609 g/mol. The molecule has 4 aromatic rings. The van der Waals surface area contributed by atoms with Gasteiger partial charge in [-0.1, -0.05) is 0 Å². The molecule has 3 heterocycles. The largest absolute Gasteiger partial charge is 0.587 e. The first kappa shape index (κ1) is 29.4. The van der Waals surface area contributed by atoms with Crippen LogP contribution in [0, 0.1) is 0 Å². The van der Waals surface area contributed by atoms with Gasteiger partial charge in [0.1, 0.15) is 47.1 Å². The van der Waals surface area contributed by atoms with Crippen LogP contribution in [0.4, 0.5) is 14.6 Å². The Balaban J connectivity index is 1.44. The van der Waals surface area contributed by atoms with Crippen molar-refractivity contribution >= 4 is 24.8 Å². The molecule has 0 radical (unpaired) electrons. The minimum Gasteiger partial charge on any atom is -0.497 e. The first-order valence-corrected chi connectivity index (χ1v) is 13.7. The lowest BCUT2D eigenvalue weighted by Crippen LogP contribution is -2.52. The van der Waals surface area contributed by atoms with E-state index >= 15 is 0 Å². The van der Waals surface area contributed by atoms with Gasteiger partial charge in [-0.05, 0) is 48.5 Å². The number of nitrogens with two attached hydrogens (primary N) is 1. The van der Waals surface area contributed by atoms with Gasteiger partial charge in [0, 0.05) is 0 Å². The summed E-state index contributed by atoms with van der Waals surface area (Å²) in [6.45, 7) is -1.23. The number of phosphoric acid groups is 1. The van der Waals surface area contributed by atoms with Gasteiger partial charge < -0.3 is 39.2 Å². The molecule has 1 aliphatic heterocycles. The standard InChI is InChI=1S/C25H26F2N5O9P/c1-36-14-3-7-16(8-4-14)40-42(35,41-17-9-5-15(37-2)6-10-17)38-11-25(24(26)27)20(34)19(33)23(39-25)32-13-31-18-21(28)29-12-30-22(18)32/h3-10,12-13,19-20,23-24,33-34H,11H2,1-2H3,(H2,28,29,30)/t19-,20+,23-,25-/m1/s1. The second-order valence-electron chi connectivity index (χ2n) is 9.04. The van der Waals surface area contributed by atoms with Crippen molar-refractivity contribution in [3.05, 3.63) is 61.2 Å². The molecule has 0 saturated carbocycles. The lowest BCUT2D eigenvalue weighted by molar-refractivity contribution is -0.192. The van der Waals surface area contributed by atoms with E-state index in [0.29, 0.717) is 11.5 Å². The fourth-order valence-electron chi connectivity index (χ4n) is 4.23. The summed E-state index contributed by atoms with van der Waals surface area (Å²) in [7, 11) is -1.86. The highest BCUT2D eigenvalue weighted by atomic mass is 31.2. The van der Waals surface area contributed by atoms with E-state index in [1.165, 1.54) is 62.8 Å². The predicted molar refractivity (Wildman–Crippen MR) is 141 cm³/mol. The summed E-state index contributed by atoms with van der Waals surface area (Å²) >= 11 is 0. The Bertz CT molecular complexity index is 1520. The van der Waals surface area contributed by atoms with Crippen molar-refractivity contribution in [3.8, 4) is 23.0 Å². The van der Waals surface area contributed by atoms with Crippen LogP contribution in [0.1, 0.15) is 6.23 Å². The van der Waals surface area contributed by atoms with Gasteiger partial charge in [-0.3, -0.25) is 9.09 Å². The number of methoxy groups -OCH3 is 2. The fourth-order valence-corrected chi connectivity index (χ4v) is 5.49. The Labute approximate surface area is 237 Å². The second-order valence-corrected chi connectivity index (χ2v) is 10.6. The molecular weight excluding hydrogens is 583 g/mol. The van der Waals surface area contributed by atoms with E-state index in [1.807, 2.05) is 0 Å². The molecule has 1 fully saturated rings. The number of aliphatic hydroxyl groups excluding tert-OH is 2. The molecule has 4 atom stereocenters. The van der Waals surface area contributed by atoms with Crippen molar-refractivity contribution in [2.45, 2.75) is 30.5 Å². The number of phosphoric ester groups is 1. The molecule has 1 saturated heterocycles. The maximum Gasteiger partial charge on any atom is 0.587 e. The maximum absolute atomic E-state index is 14.7. The second kappa shape index (κ2) is 11.7. The van der Waals surface area contributed by atoms with Crippen molar-refractivity contribution < 1.29 is 51.3 Å². The van der Waals surface area contributed by atoms with Crippen molar-refractivity contribution in [3.63, 3.8) is 0 Å². The van der Waals surface area contributed by atoms with Crippen LogP contribution in [0.25, 0.3) is 11.2 Å². The fraction of sp³-hybridized carbons (Fsp3) is 0.320. The number of benzene rings is 2. The van der Waals surface area contributed by atoms with Gasteiger partial charge in [0.05, 0.1) is 27.2 Å². The molecule has 2 aromatic carbocycles. The van der Waals surface area contributed by atoms with Gasteiger partial charge >= 0.3 is 7.82 Å². The Morgan fingerprint density at radius 3 is 2.05 bits per heavy atom. The zero-order valence-corrected chi connectivity index (χ0v) is 23.0. The molecule has 1 aliphatic rings. The third-order valence-corrected chi connectivity index (χ3v) is 7.80. The summed E-state index contributed by atoms with van der Waals surface area (Å²) in [6, 6.07) is 11.6. The van der Waals surface area contributed by atoms with E-state index in [1.54, 1.807) is 0 Å². The van der Waals surface area contributed by atoms with Crippen LogP contribution in [0.2, 0.25) is 0 Å². The van der Waals surface area contributed by atoms with Gasteiger partial charge in [-0.25, -0.2) is 28.3 Å². The van der Waals surface area contributed by atoms with Crippen LogP contribution in [0.5, 0.6) is 23.0 Å². The van der Waals surface area contributed by atoms with E-state index < -0.39 is 44.9 Å². The Hall–Kier alpha value is -4.08. The van der Waals surface area contributed by atoms with Crippen molar-refractivity contribution in [1.29, 1.82) is 0 Å². The number of rotatable bonds is 11. The van der Waals surface area contributed by atoms with E-state index in [9.17, 15) is 23.6 Å². The molecule has 2 aromatic heterocycles. The number of hydrogen-bond donors (Lipinski definition) is 3. The molecule has 0 spiro atoms. The van der Waals surface area contributed by atoms with Crippen LogP contribution in [-0.2, 0) is 13.8 Å². The summed E-state index contributed by atoms with van der Waals surface area (Å²) in [5, 5.41) is 21.6. The third kappa shape index (κ3) is 5.54. The van der Waals surface area contributed by atoms with Gasteiger partial charge in [-0.2, -0.15) is 0 Å². The Kier molecular flexibility index (Phi) is 8.17. The number of imidazole rings is 1. The number of aromatic nitrogens is 4. The lowest BCUT2D eigenvalue weighted by atomic mass is 9.96. The molecule has 0 amide bonds. The van der Waals surface area contributed by atoms with Crippen LogP contribution in [0.15, 0.2) is 61.2 Å². The number of anilines is 1. The number of ether oxygens (including phenoxy) is 3. The summed E-state index contributed by atoms with van der Waals surface area (Å²) in [4.78, 5) is 11.9. The molecule has 4 N–H and O–H groups in total. The van der Waals surface area contributed by atoms with Gasteiger partial charge in [-0.15, -0.1) is 0 Å². The van der Waals surface area contributed by atoms with Gasteiger partial charge in [0.25, 0.3) is 6.43 Å². The number of aliphatic hydroxyl groups is 2. The number of alkyl halides is 2. The summed E-state index contributed by atoms with van der Waals surface area (Å²) in [6.07, 6.45) is -6.95. The minimum atomic E-state index is -4.76. The van der Waals surface area contributed by atoms with Crippen molar-refractivity contribution in [1.82, 2.24) is 19.5 Å². The molecular formula is C25H26F2N5O9P. The minimum absolute atomic E-state index is 0.00235. The number of nitrogen functional groups attached to an aromatic ring is 1. The lowest BCUT2D eigenvalue weighted by Gasteiger charge is -2.31. The van der Waals surface area contributed by atoms with Crippen LogP contribution < -0.4 is 24.3 Å².